The first-order valence-corrected chi connectivity index (χ1v) is 6.42. The number of hydrogen-bond donors (Lipinski definition) is 3. The van der Waals surface area contributed by atoms with E-state index >= 15 is 0 Å². The summed E-state index contributed by atoms with van der Waals surface area (Å²) in [5.74, 6) is -0.366. The summed E-state index contributed by atoms with van der Waals surface area (Å²) >= 11 is 3.09. The summed E-state index contributed by atoms with van der Waals surface area (Å²) in [7, 11) is 0. The highest BCUT2D eigenvalue weighted by atomic mass is 79.9. The Hall–Kier alpha value is -2.23. The summed E-state index contributed by atoms with van der Waals surface area (Å²) in [5.41, 5.74) is 0. The van der Waals surface area contributed by atoms with Gasteiger partial charge in [-0.3, -0.25) is 9.59 Å². The molecule has 2 rings (SSSR count). The minimum absolute atomic E-state index is 0.121. The second-order valence-corrected chi connectivity index (χ2v) is 4.63. The Kier molecular flexibility index (Phi) is 4.45. The summed E-state index contributed by atoms with van der Waals surface area (Å²) in [5, 5.41) is 18.2. The Balaban J connectivity index is 1.79. The molecule has 1 unspecified atom stereocenters. The zero-order chi connectivity index (χ0) is 14.5. The molecule has 2 aromatic heterocycles. The molecule has 0 fully saturated rings. The summed E-state index contributed by atoms with van der Waals surface area (Å²) in [6, 6.07) is 2.68. The van der Waals surface area contributed by atoms with E-state index in [0.717, 1.165) is 0 Å². The van der Waals surface area contributed by atoms with Crippen LogP contribution in [-0.2, 0) is 4.79 Å². The lowest BCUT2D eigenvalue weighted by molar-refractivity contribution is -0.120. The van der Waals surface area contributed by atoms with Gasteiger partial charge in [-0.15, -0.1) is 10.2 Å². The maximum atomic E-state index is 11.6. The molecule has 9 nitrogen and oxygen atoms in total. The van der Waals surface area contributed by atoms with Crippen molar-refractivity contribution in [2.75, 3.05) is 6.54 Å². The fourth-order valence-electron chi connectivity index (χ4n) is 1.39. The van der Waals surface area contributed by atoms with Crippen LogP contribution in [0.15, 0.2) is 21.2 Å². The van der Waals surface area contributed by atoms with Gasteiger partial charge >= 0.3 is 0 Å². The van der Waals surface area contributed by atoms with Crippen LogP contribution in [0.3, 0.4) is 0 Å². The summed E-state index contributed by atoms with van der Waals surface area (Å²) in [6.07, 6.45) is 0. The number of carbonyl (C=O) groups is 2. The van der Waals surface area contributed by atoms with Gasteiger partial charge in [0, 0.05) is 0 Å². The highest BCUT2D eigenvalue weighted by Gasteiger charge is 2.15. The highest BCUT2D eigenvalue weighted by molar-refractivity contribution is 9.10. The van der Waals surface area contributed by atoms with Gasteiger partial charge in [0.2, 0.25) is 5.91 Å². The van der Waals surface area contributed by atoms with E-state index in [9.17, 15) is 9.59 Å². The molecule has 1 atom stereocenters. The Morgan fingerprint density at radius 1 is 1.50 bits per heavy atom. The maximum Gasteiger partial charge on any atom is 0.287 e. The quantitative estimate of drug-likeness (QED) is 0.710. The number of nitrogens with zero attached hydrogens (tertiary/aromatic N) is 3. The van der Waals surface area contributed by atoms with Crippen molar-refractivity contribution >= 4 is 27.7 Å². The van der Waals surface area contributed by atoms with Gasteiger partial charge in [-0.1, -0.05) is 5.21 Å². The van der Waals surface area contributed by atoms with Crippen LogP contribution < -0.4 is 10.6 Å². The molecule has 2 aromatic rings. The average molecular weight is 343 g/mol. The lowest BCUT2D eigenvalue weighted by atomic mass is 10.3. The first-order valence-electron chi connectivity index (χ1n) is 5.62. The molecule has 0 aromatic carbocycles. The molecule has 0 radical (unpaired) electrons. The van der Waals surface area contributed by atoms with E-state index in [-0.39, 0.29) is 18.2 Å². The van der Waals surface area contributed by atoms with Gasteiger partial charge in [-0.25, -0.2) is 0 Å². The van der Waals surface area contributed by atoms with E-state index in [1.165, 1.54) is 6.07 Å². The highest BCUT2D eigenvalue weighted by Crippen LogP contribution is 2.13. The first-order chi connectivity index (χ1) is 9.56. The number of aromatic nitrogens is 4. The van der Waals surface area contributed by atoms with Gasteiger partial charge in [0.05, 0.1) is 12.6 Å². The Morgan fingerprint density at radius 2 is 2.30 bits per heavy atom. The number of H-pyrrole nitrogens is 1. The molecular formula is C10H11BrN6O3. The second kappa shape index (κ2) is 6.28. The van der Waals surface area contributed by atoms with Crippen LogP contribution in [0, 0.1) is 0 Å². The number of tetrazole rings is 1. The minimum atomic E-state index is -0.474. The fraction of sp³-hybridized carbons (Fsp3) is 0.300. The molecule has 0 spiro atoms. The molecule has 2 amide bonds. The number of carbonyl (C=O) groups excluding carboxylic acids is 2. The third kappa shape index (κ3) is 3.63. The molecule has 0 saturated carbocycles. The third-order valence-electron chi connectivity index (χ3n) is 2.33. The minimum Gasteiger partial charge on any atom is -0.444 e. The number of furan rings is 1. The first kappa shape index (κ1) is 14.2. The van der Waals surface area contributed by atoms with Gasteiger partial charge < -0.3 is 15.1 Å². The standard InChI is InChI=1S/C10H11BrN6O3/c1-5(9-14-16-17-15-9)13-8(18)4-12-10(19)6-2-3-7(11)20-6/h2-3,5H,4H2,1H3,(H,12,19)(H,13,18)(H,14,15,16,17). The molecule has 0 aliphatic carbocycles. The van der Waals surface area contributed by atoms with E-state index in [1.54, 1.807) is 13.0 Å². The van der Waals surface area contributed by atoms with Crippen LogP contribution >= 0.6 is 15.9 Å². The predicted molar refractivity (Wildman–Crippen MR) is 69.5 cm³/mol. The molecule has 0 aliphatic rings. The van der Waals surface area contributed by atoms with E-state index in [1.807, 2.05) is 0 Å². The van der Waals surface area contributed by atoms with Gasteiger partial charge in [-0.05, 0) is 35.0 Å². The van der Waals surface area contributed by atoms with Crippen LogP contribution in [0.25, 0.3) is 0 Å². The smallest absolute Gasteiger partial charge is 0.287 e. The van der Waals surface area contributed by atoms with Gasteiger partial charge in [0.15, 0.2) is 16.3 Å². The number of hydrogen-bond acceptors (Lipinski definition) is 6. The SMILES string of the molecule is CC(NC(=O)CNC(=O)c1ccc(Br)o1)c1nn[nH]n1. The summed E-state index contributed by atoms with van der Waals surface area (Å²) in [6.45, 7) is 1.52. The number of rotatable bonds is 5. The molecule has 20 heavy (non-hydrogen) atoms. The van der Waals surface area contributed by atoms with Crippen molar-refractivity contribution in [2.24, 2.45) is 0 Å². The van der Waals surface area contributed by atoms with Crippen molar-refractivity contribution in [3.63, 3.8) is 0 Å². The van der Waals surface area contributed by atoms with Crippen molar-refractivity contribution in [3.05, 3.63) is 28.4 Å². The topological polar surface area (TPSA) is 126 Å². The lowest BCUT2D eigenvalue weighted by Crippen LogP contribution is -2.38. The van der Waals surface area contributed by atoms with Gasteiger partial charge in [-0.2, -0.15) is 5.21 Å². The predicted octanol–water partition coefficient (Wildman–Crippen LogP) is 0.162. The Morgan fingerprint density at radius 3 is 2.90 bits per heavy atom. The molecule has 2 heterocycles. The number of nitrogens with one attached hydrogen (secondary N) is 3. The van der Waals surface area contributed by atoms with Crippen molar-refractivity contribution < 1.29 is 14.0 Å². The van der Waals surface area contributed by atoms with E-state index < -0.39 is 11.9 Å². The Bertz CT molecular complexity index is 596. The average Bonchev–Trinajstić information content (AvgIpc) is 3.06. The summed E-state index contributed by atoms with van der Waals surface area (Å²) < 4.78 is 5.50. The monoisotopic (exact) mass is 342 g/mol. The van der Waals surface area contributed by atoms with Crippen molar-refractivity contribution in [1.82, 2.24) is 31.3 Å². The normalized spacial score (nSPS) is 11.9. The summed E-state index contributed by atoms with van der Waals surface area (Å²) in [4.78, 5) is 23.3. The number of aromatic amines is 1. The zero-order valence-corrected chi connectivity index (χ0v) is 12.0. The van der Waals surface area contributed by atoms with Crippen LogP contribution in [0.2, 0.25) is 0 Å². The number of halogens is 1. The van der Waals surface area contributed by atoms with Crippen molar-refractivity contribution in [3.8, 4) is 0 Å². The van der Waals surface area contributed by atoms with E-state index in [0.29, 0.717) is 10.5 Å². The number of amides is 2. The van der Waals surface area contributed by atoms with Crippen molar-refractivity contribution in [2.45, 2.75) is 13.0 Å². The van der Waals surface area contributed by atoms with Crippen LogP contribution in [0.5, 0.6) is 0 Å². The zero-order valence-electron chi connectivity index (χ0n) is 10.4. The molecule has 10 heteroatoms. The molecule has 0 bridgehead atoms. The van der Waals surface area contributed by atoms with E-state index in [2.05, 4.69) is 47.2 Å². The molecule has 3 N–H and O–H groups in total. The maximum absolute atomic E-state index is 11.6. The molecule has 106 valence electrons. The van der Waals surface area contributed by atoms with Gasteiger partial charge in [0.25, 0.3) is 5.91 Å². The Labute approximate surface area is 121 Å². The van der Waals surface area contributed by atoms with Crippen LogP contribution in [-0.4, -0.2) is 39.0 Å². The second-order valence-electron chi connectivity index (χ2n) is 3.85. The largest absolute Gasteiger partial charge is 0.444 e. The molecule has 0 saturated heterocycles. The van der Waals surface area contributed by atoms with E-state index in [4.69, 9.17) is 4.42 Å². The fourth-order valence-corrected chi connectivity index (χ4v) is 1.70. The van der Waals surface area contributed by atoms with Crippen LogP contribution in [0.4, 0.5) is 0 Å². The third-order valence-corrected chi connectivity index (χ3v) is 2.76. The lowest BCUT2D eigenvalue weighted by Gasteiger charge is -2.10. The molecule has 0 aliphatic heterocycles. The molecular weight excluding hydrogens is 332 g/mol. The van der Waals surface area contributed by atoms with Crippen LogP contribution in [0.1, 0.15) is 29.3 Å². The van der Waals surface area contributed by atoms with Gasteiger partial charge in [0.1, 0.15) is 0 Å². The van der Waals surface area contributed by atoms with Crippen molar-refractivity contribution in [1.29, 1.82) is 0 Å².